The summed E-state index contributed by atoms with van der Waals surface area (Å²) in [7, 11) is 2.01. The average molecular weight is 286 g/mol. The molecule has 4 heteroatoms. The Morgan fingerprint density at radius 3 is 2.50 bits per heavy atom. The number of pyridine rings is 1. The second-order valence-corrected chi connectivity index (χ2v) is 5.24. The highest BCUT2D eigenvalue weighted by molar-refractivity contribution is 6.30. The number of hydrogen-bond acceptors (Lipinski definition) is 3. The molecule has 0 fully saturated rings. The Morgan fingerprint density at radius 2 is 1.95 bits per heavy atom. The summed E-state index contributed by atoms with van der Waals surface area (Å²) in [6.07, 6.45) is 2.51. The number of rotatable bonds is 4. The smallest absolute Gasteiger partial charge is 0.128 e. The lowest BCUT2D eigenvalue weighted by Crippen LogP contribution is -2.31. The molecule has 0 aliphatic heterocycles. The first kappa shape index (κ1) is 14.4. The van der Waals surface area contributed by atoms with Crippen LogP contribution in [0.3, 0.4) is 0 Å². The SMILES string of the molecule is CC(Cc1ccc(Cl)cc1)N(C)c1ccc(C#N)cn1. The molecule has 1 heterocycles. The van der Waals surface area contributed by atoms with Crippen LogP contribution >= 0.6 is 11.6 Å². The van der Waals surface area contributed by atoms with E-state index in [-0.39, 0.29) is 0 Å². The van der Waals surface area contributed by atoms with Crippen LogP contribution in [-0.4, -0.2) is 18.1 Å². The van der Waals surface area contributed by atoms with Crippen molar-refractivity contribution in [3.05, 3.63) is 58.7 Å². The number of nitrogens with zero attached hydrogens (tertiary/aromatic N) is 3. The normalized spacial score (nSPS) is 11.7. The Kier molecular flexibility index (Phi) is 4.60. The van der Waals surface area contributed by atoms with Gasteiger partial charge in [-0.05, 0) is 43.2 Å². The Bertz CT molecular complexity index is 599. The average Bonchev–Trinajstić information content (AvgIpc) is 2.49. The predicted molar refractivity (Wildman–Crippen MR) is 82.0 cm³/mol. The summed E-state index contributed by atoms with van der Waals surface area (Å²) in [5.74, 6) is 0.866. The molecular formula is C16H16ClN3. The fraction of sp³-hybridized carbons (Fsp3) is 0.250. The molecule has 0 spiro atoms. The largest absolute Gasteiger partial charge is 0.357 e. The molecule has 2 rings (SSSR count). The molecule has 1 unspecified atom stereocenters. The van der Waals surface area contributed by atoms with Crippen molar-refractivity contribution in [3.63, 3.8) is 0 Å². The zero-order valence-electron chi connectivity index (χ0n) is 11.5. The monoisotopic (exact) mass is 285 g/mol. The molecular weight excluding hydrogens is 270 g/mol. The third kappa shape index (κ3) is 3.49. The standard InChI is InChI=1S/C16H16ClN3/c1-12(9-13-3-6-15(17)7-4-13)20(2)16-8-5-14(10-18)11-19-16/h3-8,11-12H,9H2,1-2H3. The van der Waals surface area contributed by atoms with Gasteiger partial charge in [-0.2, -0.15) is 5.26 Å². The van der Waals surface area contributed by atoms with Gasteiger partial charge in [0, 0.05) is 24.3 Å². The molecule has 1 atom stereocenters. The van der Waals surface area contributed by atoms with Crippen LogP contribution in [0.5, 0.6) is 0 Å². The van der Waals surface area contributed by atoms with Crippen molar-refractivity contribution in [1.29, 1.82) is 5.26 Å². The van der Waals surface area contributed by atoms with Gasteiger partial charge in [-0.3, -0.25) is 0 Å². The molecule has 2 aromatic rings. The van der Waals surface area contributed by atoms with E-state index in [0.717, 1.165) is 17.3 Å². The van der Waals surface area contributed by atoms with Gasteiger partial charge >= 0.3 is 0 Å². The molecule has 0 amide bonds. The maximum Gasteiger partial charge on any atom is 0.128 e. The van der Waals surface area contributed by atoms with Gasteiger partial charge in [0.25, 0.3) is 0 Å². The van der Waals surface area contributed by atoms with E-state index in [2.05, 4.69) is 22.9 Å². The van der Waals surface area contributed by atoms with E-state index in [9.17, 15) is 0 Å². The van der Waals surface area contributed by atoms with E-state index in [1.165, 1.54) is 5.56 Å². The van der Waals surface area contributed by atoms with Gasteiger partial charge in [-0.1, -0.05) is 23.7 Å². The summed E-state index contributed by atoms with van der Waals surface area (Å²) >= 11 is 5.89. The highest BCUT2D eigenvalue weighted by Gasteiger charge is 2.12. The van der Waals surface area contributed by atoms with Gasteiger partial charge in [0.2, 0.25) is 0 Å². The van der Waals surface area contributed by atoms with E-state index in [0.29, 0.717) is 11.6 Å². The number of nitriles is 1. The van der Waals surface area contributed by atoms with Crippen molar-refractivity contribution in [1.82, 2.24) is 4.98 Å². The van der Waals surface area contributed by atoms with Gasteiger partial charge in [0.1, 0.15) is 11.9 Å². The topological polar surface area (TPSA) is 39.9 Å². The van der Waals surface area contributed by atoms with Gasteiger partial charge in [0.05, 0.1) is 5.56 Å². The van der Waals surface area contributed by atoms with E-state index in [1.807, 2.05) is 37.4 Å². The zero-order chi connectivity index (χ0) is 14.5. The van der Waals surface area contributed by atoms with Crippen LogP contribution in [0.15, 0.2) is 42.6 Å². The molecule has 3 nitrogen and oxygen atoms in total. The number of aromatic nitrogens is 1. The van der Waals surface area contributed by atoms with Crippen LogP contribution < -0.4 is 4.90 Å². The quantitative estimate of drug-likeness (QED) is 0.860. The number of benzene rings is 1. The van der Waals surface area contributed by atoms with Gasteiger partial charge < -0.3 is 4.90 Å². The highest BCUT2D eigenvalue weighted by atomic mass is 35.5. The summed E-state index contributed by atoms with van der Waals surface area (Å²) in [4.78, 5) is 6.42. The van der Waals surface area contributed by atoms with Crippen LogP contribution in [0.1, 0.15) is 18.1 Å². The summed E-state index contributed by atoms with van der Waals surface area (Å²) < 4.78 is 0. The highest BCUT2D eigenvalue weighted by Crippen LogP contribution is 2.17. The molecule has 1 aromatic heterocycles. The number of halogens is 1. The van der Waals surface area contributed by atoms with E-state index in [1.54, 1.807) is 12.3 Å². The molecule has 0 saturated heterocycles. The molecule has 0 radical (unpaired) electrons. The first-order valence-corrected chi connectivity index (χ1v) is 6.81. The van der Waals surface area contributed by atoms with Crippen LogP contribution in [0.4, 0.5) is 5.82 Å². The number of anilines is 1. The summed E-state index contributed by atoms with van der Waals surface area (Å²) in [5.41, 5.74) is 1.81. The van der Waals surface area contributed by atoms with Crippen molar-refractivity contribution < 1.29 is 0 Å². The maximum atomic E-state index is 8.78. The molecule has 0 N–H and O–H groups in total. The van der Waals surface area contributed by atoms with E-state index < -0.39 is 0 Å². The molecule has 0 bridgehead atoms. The Balaban J connectivity index is 2.05. The molecule has 0 saturated carbocycles. The Morgan fingerprint density at radius 1 is 1.25 bits per heavy atom. The first-order chi connectivity index (χ1) is 9.60. The summed E-state index contributed by atoms with van der Waals surface area (Å²) in [6.45, 7) is 2.15. The predicted octanol–water partition coefficient (Wildman–Crippen LogP) is 3.67. The van der Waals surface area contributed by atoms with Gasteiger partial charge in [-0.25, -0.2) is 4.98 Å². The lowest BCUT2D eigenvalue weighted by Gasteiger charge is -2.26. The van der Waals surface area contributed by atoms with Crippen LogP contribution in [0.2, 0.25) is 5.02 Å². The van der Waals surface area contributed by atoms with Crippen LogP contribution in [0, 0.1) is 11.3 Å². The Hall–Kier alpha value is -2.05. The number of hydrogen-bond donors (Lipinski definition) is 0. The van der Waals surface area contributed by atoms with Crippen molar-refractivity contribution in [2.75, 3.05) is 11.9 Å². The fourth-order valence-corrected chi connectivity index (χ4v) is 2.11. The van der Waals surface area contributed by atoms with Crippen molar-refractivity contribution in [3.8, 4) is 6.07 Å². The second kappa shape index (κ2) is 6.40. The molecule has 0 aliphatic rings. The van der Waals surface area contributed by atoms with Crippen LogP contribution in [0.25, 0.3) is 0 Å². The van der Waals surface area contributed by atoms with Crippen molar-refractivity contribution >= 4 is 17.4 Å². The minimum absolute atomic E-state index is 0.302. The van der Waals surface area contributed by atoms with E-state index >= 15 is 0 Å². The minimum Gasteiger partial charge on any atom is -0.357 e. The lowest BCUT2D eigenvalue weighted by atomic mass is 10.1. The van der Waals surface area contributed by atoms with Crippen LogP contribution in [-0.2, 0) is 6.42 Å². The van der Waals surface area contributed by atoms with Gasteiger partial charge in [0.15, 0.2) is 0 Å². The maximum absolute atomic E-state index is 8.78. The van der Waals surface area contributed by atoms with E-state index in [4.69, 9.17) is 16.9 Å². The molecule has 1 aromatic carbocycles. The fourth-order valence-electron chi connectivity index (χ4n) is 1.99. The number of likely N-dealkylation sites (N-methyl/N-ethyl adjacent to an activating group) is 1. The third-order valence-electron chi connectivity index (χ3n) is 3.34. The third-order valence-corrected chi connectivity index (χ3v) is 3.60. The first-order valence-electron chi connectivity index (χ1n) is 6.43. The van der Waals surface area contributed by atoms with Gasteiger partial charge in [-0.15, -0.1) is 0 Å². The Labute approximate surface area is 124 Å². The molecule has 0 aliphatic carbocycles. The second-order valence-electron chi connectivity index (χ2n) is 4.81. The van der Waals surface area contributed by atoms with Crippen molar-refractivity contribution in [2.24, 2.45) is 0 Å². The molecule has 102 valence electrons. The zero-order valence-corrected chi connectivity index (χ0v) is 12.3. The molecule has 20 heavy (non-hydrogen) atoms. The summed E-state index contributed by atoms with van der Waals surface area (Å²) in [5, 5.41) is 9.53. The lowest BCUT2D eigenvalue weighted by molar-refractivity contribution is 0.674. The minimum atomic E-state index is 0.302. The van der Waals surface area contributed by atoms with Crippen molar-refractivity contribution in [2.45, 2.75) is 19.4 Å². The summed E-state index contributed by atoms with van der Waals surface area (Å²) in [6, 6.07) is 13.9.